The van der Waals surface area contributed by atoms with Gasteiger partial charge in [0.2, 0.25) is 0 Å². The van der Waals surface area contributed by atoms with Crippen molar-refractivity contribution in [3.63, 3.8) is 0 Å². The van der Waals surface area contributed by atoms with Crippen LogP contribution in [-0.4, -0.2) is 75.4 Å². The van der Waals surface area contributed by atoms with E-state index in [1.54, 1.807) is 22.4 Å². The third-order valence-corrected chi connectivity index (χ3v) is 6.62. The van der Waals surface area contributed by atoms with Crippen molar-refractivity contribution in [1.29, 1.82) is 0 Å². The standard InChI is InChI=1S/C26H28N4O4/c1-17-6-8-19(9-7-17)23-21(24(31)22-18(2)27-20-5-3-4-10-29(20)22)25(32)26(33)30(23)12-11-28-13-15-34-16-14-28/h3-10,23,31H,11-16H2,1-2H3. The van der Waals surface area contributed by atoms with Crippen LogP contribution in [0.5, 0.6) is 0 Å². The molecule has 8 nitrogen and oxygen atoms in total. The van der Waals surface area contributed by atoms with Crippen molar-refractivity contribution in [2.75, 3.05) is 39.4 Å². The van der Waals surface area contributed by atoms with E-state index < -0.39 is 17.7 Å². The van der Waals surface area contributed by atoms with E-state index in [1.807, 2.05) is 49.4 Å². The molecule has 0 saturated carbocycles. The summed E-state index contributed by atoms with van der Waals surface area (Å²) in [5, 5.41) is 11.5. The molecule has 1 N–H and O–H groups in total. The van der Waals surface area contributed by atoms with Crippen molar-refractivity contribution in [3.8, 4) is 0 Å². The van der Waals surface area contributed by atoms with Gasteiger partial charge in [-0.3, -0.25) is 18.9 Å². The second kappa shape index (κ2) is 9.04. The first-order valence-electron chi connectivity index (χ1n) is 11.5. The first-order valence-corrected chi connectivity index (χ1v) is 11.5. The largest absolute Gasteiger partial charge is 0.505 e. The van der Waals surface area contributed by atoms with Gasteiger partial charge in [0.05, 0.1) is 30.5 Å². The van der Waals surface area contributed by atoms with E-state index >= 15 is 0 Å². The van der Waals surface area contributed by atoms with Crippen molar-refractivity contribution < 1.29 is 19.4 Å². The van der Waals surface area contributed by atoms with Gasteiger partial charge in [0.1, 0.15) is 11.3 Å². The minimum absolute atomic E-state index is 0.101. The molecule has 0 aliphatic carbocycles. The van der Waals surface area contributed by atoms with E-state index in [0.29, 0.717) is 43.3 Å². The minimum atomic E-state index is -0.671. The van der Waals surface area contributed by atoms with E-state index in [1.165, 1.54) is 0 Å². The van der Waals surface area contributed by atoms with Crippen LogP contribution in [0.2, 0.25) is 0 Å². The van der Waals surface area contributed by atoms with Crippen molar-refractivity contribution in [2.45, 2.75) is 19.9 Å². The quantitative estimate of drug-likeness (QED) is 0.358. The second-order valence-electron chi connectivity index (χ2n) is 8.83. The Balaban J connectivity index is 1.60. The third-order valence-electron chi connectivity index (χ3n) is 6.62. The highest BCUT2D eigenvalue weighted by Crippen LogP contribution is 2.40. The van der Waals surface area contributed by atoms with Crippen LogP contribution in [-0.2, 0) is 14.3 Å². The molecule has 34 heavy (non-hydrogen) atoms. The number of carbonyl (C=O) groups is 2. The molecule has 3 aromatic rings. The smallest absolute Gasteiger partial charge is 0.295 e. The maximum Gasteiger partial charge on any atom is 0.295 e. The number of ketones is 1. The number of likely N-dealkylation sites (tertiary alicyclic amines) is 1. The van der Waals surface area contributed by atoms with Gasteiger partial charge in [-0.2, -0.15) is 0 Å². The Morgan fingerprint density at radius 2 is 1.79 bits per heavy atom. The Hall–Kier alpha value is -3.49. The van der Waals surface area contributed by atoms with Crippen molar-refractivity contribution in [3.05, 3.63) is 76.7 Å². The lowest BCUT2D eigenvalue weighted by Gasteiger charge is -2.31. The SMILES string of the molecule is Cc1ccc(C2C(=C(O)c3c(C)nc4ccccn34)C(=O)C(=O)N2CCN2CCOCC2)cc1. The lowest BCUT2D eigenvalue weighted by atomic mass is 9.95. The summed E-state index contributed by atoms with van der Waals surface area (Å²) in [6.07, 6.45) is 1.79. The number of aromatic nitrogens is 2. The molecule has 8 heteroatoms. The highest BCUT2D eigenvalue weighted by Gasteiger charge is 2.46. The molecule has 5 rings (SSSR count). The number of morpholine rings is 1. The summed E-state index contributed by atoms with van der Waals surface area (Å²) in [5.74, 6) is -1.46. The normalized spacial score (nSPS) is 21.0. The monoisotopic (exact) mass is 460 g/mol. The Bertz CT molecular complexity index is 1270. The number of pyridine rings is 1. The van der Waals surface area contributed by atoms with E-state index in [9.17, 15) is 14.7 Å². The molecular formula is C26H28N4O4. The molecule has 4 heterocycles. The predicted molar refractivity (Wildman–Crippen MR) is 127 cm³/mol. The molecule has 0 radical (unpaired) electrons. The lowest BCUT2D eigenvalue weighted by Crippen LogP contribution is -2.42. The van der Waals surface area contributed by atoms with Gasteiger partial charge in [0, 0.05) is 32.4 Å². The van der Waals surface area contributed by atoms with E-state index in [2.05, 4.69) is 9.88 Å². The molecule has 1 aromatic carbocycles. The number of fused-ring (bicyclic) bond motifs is 1. The number of aliphatic hydroxyl groups excluding tert-OH is 1. The summed E-state index contributed by atoms with van der Waals surface area (Å²) >= 11 is 0. The maximum atomic E-state index is 13.3. The van der Waals surface area contributed by atoms with Crippen LogP contribution in [0, 0.1) is 13.8 Å². The van der Waals surface area contributed by atoms with Gasteiger partial charge in [0.25, 0.3) is 11.7 Å². The zero-order valence-electron chi connectivity index (χ0n) is 19.4. The fourth-order valence-electron chi connectivity index (χ4n) is 4.81. The predicted octanol–water partition coefficient (Wildman–Crippen LogP) is 2.71. The number of benzene rings is 1. The number of ether oxygens (including phenoxy) is 1. The second-order valence-corrected chi connectivity index (χ2v) is 8.83. The van der Waals surface area contributed by atoms with Gasteiger partial charge in [-0.1, -0.05) is 35.9 Å². The molecule has 176 valence electrons. The average Bonchev–Trinajstić information content (AvgIpc) is 3.31. The molecule has 2 aromatic heterocycles. The number of hydrogen-bond acceptors (Lipinski definition) is 6. The van der Waals surface area contributed by atoms with Crippen molar-refractivity contribution in [2.24, 2.45) is 0 Å². The first kappa shape index (κ1) is 22.3. The fraction of sp³-hybridized carbons (Fsp3) is 0.346. The number of hydrogen-bond donors (Lipinski definition) is 1. The average molecular weight is 461 g/mol. The minimum Gasteiger partial charge on any atom is -0.505 e. The summed E-state index contributed by atoms with van der Waals surface area (Å²) in [5.41, 5.74) is 3.65. The number of nitrogens with zero attached hydrogens (tertiary/aromatic N) is 4. The van der Waals surface area contributed by atoms with Crippen LogP contribution >= 0.6 is 0 Å². The number of aryl methyl sites for hydroxylation is 2. The number of Topliss-reactive ketones (excluding diaryl/α,β-unsaturated/α-hetero) is 1. The van der Waals surface area contributed by atoms with E-state index in [0.717, 1.165) is 24.2 Å². The number of carbonyl (C=O) groups excluding carboxylic acids is 2. The zero-order valence-corrected chi connectivity index (χ0v) is 19.4. The molecule has 1 amide bonds. The fourth-order valence-corrected chi connectivity index (χ4v) is 4.81. The van der Waals surface area contributed by atoms with Crippen molar-refractivity contribution >= 4 is 23.1 Å². The Morgan fingerprint density at radius 1 is 1.06 bits per heavy atom. The topological polar surface area (TPSA) is 87.4 Å². The molecule has 2 aliphatic rings. The molecule has 2 fully saturated rings. The number of rotatable bonds is 5. The highest BCUT2D eigenvalue weighted by atomic mass is 16.5. The van der Waals surface area contributed by atoms with Gasteiger partial charge in [-0.15, -0.1) is 0 Å². The van der Waals surface area contributed by atoms with Gasteiger partial charge >= 0.3 is 0 Å². The van der Waals surface area contributed by atoms with E-state index in [4.69, 9.17) is 4.74 Å². The number of amides is 1. The highest BCUT2D eigenvalue weighted by molar-refractivity contribution is 6.46. The molecular weight excluding hydrogens is 432 g/mol. The summed E-state index contributed by atoms with van der Waals surface area (Å²) in [7, 11) is 0. The summed E-state index contributed by atoms with van der Waals surface area (Å²) in [6, 6.07) is 12.6. The molecule has 2 aliphatic heterocycles. The number of imidazole rings is 1. The molecule has 0 spiro atoms. The van der Waals surface area contributed by atoms with E-state index in [-0.39, 0.29) is 11.3 Å². The van der Waals surface area contributed by atoms with Crippen LogP contribution < -0.4 is 0 Å². The summed E-state index contributed by atoms with van der Waals surface area (Å²) < 4.78 is 7.17. The summed E-state index contributed by atoms with van der Waals surface area (Å²) in [6.45, 7) is 7.69. The van der Waals surface area contributed by atoms with Gasteiger partial charge in [-0.25, -0.2) is 4.98 Å². The third kappa shape index (κ3) is 3.89. The van der Waals surface area contributed by atoms with Crippen LogP contribution in [0.15, 0.2) is 54.2 Å². The van der Waals surface area contributed by atoms with Crippen LogP contribution in [0.3, 0.4) is 0 Å². The molecule has 1 unspecified atom stereocenters. The summed E-state index contributed by atoms with van der Waals surface area (Å²) in [4.78, 5) is 34.9. The molecule has 1 atom stereocenters. The van der Waals surface area contributed by atoms with Crippen LogP contribution in [0.4, 0.5) is 0 Å². The van der Waals surface area contributed by atoms with Crippen LogP contribution in [0.25, 0.3) is 11.4 Å². The van der Waals surface area contributed by atoms with Gasteiger partial charge < -0.3 is 14.7 Å². The van der Waals surface area contributed by atoms with Gasteiger partial charge in [-0.05, 0) is 31.5 Å². The first-order chi connectivity index (χ1) is 16.5. The Labute approximate surface area is 198 Å². The Morgan fingerprint density at radius 3 is 2.53 bits per heavy atom. The molecule has 2 saturated heterocycles. The van der Waals surface area contributed by atoms with Crippen molar-refractivity contribution in [1.82, 2.24) is 19.2 Å². The van der Waals surface area contributed by atoms with Crippen LogP contribution in [0.1, 0.15) is 28.6 Å². The molecule has 0 bridgehead atoms. The Kier molecular flexibility index (Phi) is 5.93. The van der Waals surface area contributed by atoms with Gasteiger partial charge in [0.15, 0.2) is 5.76 Å². The zero-order chi connectivity index (χ0) is 23.8. The number of aliphatic hydroxyl groups is 1. The maximum absolute atomic E-state index is 13.3. The lowest BCUT2D eigenvalue weighted by molar-refractivity contribution is -0.140.